The first-order chi connectivity index (χ1) is 30.4. The second-order valence-electron chi connectivity index (χ2n) is 19.8. The Morgan fingerprint density at radius 2 is 1.75 bits per heavy atom. The molecule has 65 heavy (non-hydrogen) atoms. The summed E-state index contributed by atoms with van der Waals surface area (Å²) in [6, 6.07) is 12.7. The van der Waals surface area contributed by atoms with Crippen LogP contribution in [0.25, 0.3) is 17.0 Å². The third-order valence-electron chi connectivity index (χ3n) is 12.9. The van der Waals surface area contributed by atoms with Crippen molar-refractivity contribution in [3.63, 3.8) is 0 Å². The standard InChI is InChI=1S/C46H63N9O8S2/c1-11-53(20-18-48-65(10,61)62)31-15-16-35(28(3)23-31)49-41-32(25-47)38(44(58)63-39-33(45(4,5)6)21-27(2)22-34(39)46(7,8)9)42-50-40(51-55(41)42)29-14-17-37(36(24-29)52-64(59)60)54-19-12-13-30(26-54)43(56)57/h14-17,23-24,27,30,33-34,39,48,64H,11-13,18-22,26H2,1-10H3,(H,56,57)(H,52,59,60)/b49-41+. The number of rotatable bonds is 14. The number of carboxylic acid groups (broad SMARTS) is 1. The second kappa shape index (κ2) is 19.3. The second-order valence-corrected chi connectivity index (χ2v) is 22.4. The number of benzene rings is 2. The fourth-order valence-corrected chi connectivity index (χ4v) is 10.3. The molecule has 3 N–H and O–H groups in total. The van der Waals surface area contributed by atoms with Crippen LogP contribution < -0.4 is 19.2 Å². The maximum atomic E-state index is 14.9. The number of likely N-dealkylation sites (N-methyl/N-ethyl adjacent to an activating group) is 1. The number of hydrogen-bond donors (Lipinski definition) is 4. The number of nitrogens with zero attached hydrogens (tertiary/aromatic N) is 7. The third kappa shape index (κ3) is 11.2. The number of esters is 1. The molecule has 0 radical (unpaired) electrons. The number of aromatic nitrogens is 3. The van der Waals surface area contributed by atoms with E-state index < -0.39 is 44.9 Å². The molecule has 1 saturated heterocycles. The predicted octanol–water partition coefficient (Wildman–Crippen LogP) is 6.40. The van der Waals surface area contributed by atoms with E-state index in [4.69, 9.17) is 19.8 Å². The van der Waals surface area contributed by atoms with Crippen LogP contribution in [0.4, 0.5) is 22.7 Å². The highest BCUT2D eigenvalue weighted by molar-refractivity contribution is 7.88. The van der Waals surface area contributed by atoms with Crippen LogP contribution in [0, 0.1) is 52.8 Å². The highest BCUT2D eigenvalue weighted by atomic mass is 32.2. The van der Waals surface area contributed by atoms with Gasteiger partial charge in [0.2, 0.25) is 20.9 Å². The molecule has 3 unspecified atom stereocenters. The molecular formula is C46H63N9O8S2. The van der Waals surface area contributed by atoms with Crippen LogP contribution in [0.5, 0.6) is 0 Å². The van der Waals surface area contributed by atoms with Crippen LogP contribution in [0.2, 0.25) is 0 Å². The van der Waals surface area contributed by atoms with Gasteiger partial charge in [-0.3, -0.25) is 9.52 Å². The van der Waals surface area contributed by atoms with Gasteiger partial charge in [0, 0.05) is 55.8 Å². The highest BCUT2D eigenvalue weighted by Gasteiger charge is 2.49. The number of ether oxygens (including phenoxy) is 1. The molecule has 17 nitrogen and oxygen atoms in total. The molecule has 352 valence electrons. The Balaban J connectivity index is 1.47. The number of carbonyl (C=O) groups excluding carboxylic acids is 1. The Labute approximate surface area is 384 Å². The van der Waals surface area contributed by atoms with Crippen molar-refractivity contribution >= 4 is 67.0 Å². The summed E-state index contributed by atoms with van der Waals surface area (Å²) in [5.74, 6) is -1.60. The van der Waals surface area contributed by atoms with Crippen LogP contribution >= 0.6 is 0 Å². The maximum absolute atomic E-state index is 14.9. The highest BCUT2D eigenvalue weighted by Crippen LogP contribution is 2.50. The van der Waals surface area contributed by atoms with Gasteiger partial charge in [0.25, 0.3) is 0 Å². The number of anilines is 3. The molecule has 19 heteroatoms. The number of sulfonamides is 1. The molecule has 6 rings (SSSR count). The number of allylic oxidation sites excluding steroid dienone is 1. The van der Waals surface area contributed by atoms with Crippen molar-refractivity contribution in [2.45, 2.75) is 94.1 Å². The Morgan fingerprint density at radius 3 is 2.32 bits per heavy atom. The van der Waals surface area contributed by atoms with Crippen LogP contribution in [0.1, 0.15) is 92.5 Å². The van der Waals surface area contributed by atoms with Gasteiger partial charge in [-0.05, 0) is 98.2 Å². The molecule has 2 fully saturated rings. The predicted molar refractivity (Wildman–Crippen MR) is 253 cm³/mol. The summed E-state index contributed by atoms with van der Waals surface area (Å²) < 4.78 is 60.7. The molecule has 2 aromatic carbocycles. The fourth-order valence-electron chi connectivity index (χ4n) is 9.48. The van der Waals surface area contributed by atoms with Crippen molar-refractivity contribution in [2.75, 3.05) is 53.5 Å². The van der Waals surface area contributed by atoms with Crippen molar-refractivity contribution < 1.29 is 36.3 Å². The van der Waals surface area contributed by atoms with E-state index in [0.717, 1.165) is 30.3 Å². The summed E-state index contributed by atoms with van der Waals surface area (Å²) in [5, 5.41) is 25.4. The molecule has 1 aromatic heterocycles. The third-order valence-corrected chi connectivity index (χ3v) is 14.0. The van der Waals surface area contributed by atoms with Gasteiger partial charge in [-0.25, -0.2) is 36.3 Å². The van der Waals surface area contributed by atoms with Crippen molar-refractivity contribution in [1.29, 1.82) is 5.26 Å². The van der Waals surface area contributed by atoms with Gasteiger partial charge >= 0.3 is 11.9 Å². The monoisotopic (exact) mass is 933 g/mol. The summed E-state index contributed by atoms with van der Waals surface area (Å²) in [5.41, 5.74) is 2.58. The Bertz CT molecular complexity index is 2590. The number of carboxylic acids is 1. The van der Waals surface area contributed by atoms with E-state index in [-0.39, 0.29) is 70.1 Å². The zero-order chi connectivity index (χ0) is 47.8. The number of aliphatic carboxylic acids is 1. The van der Waals surface area contributed by atoms with Crippen molar-refractivity contribution in [3.8, 4) is 17.5 Å². The summed E-state index contributed by atoms with van der Waals surface area (Å²) in [6.07, 6.45) is 3.49. The summed E-state index contributed by atoms with van der Waals surface area (Å²) in [6.45, 7) is 21.0. The van der Waals surface area contributed by atoms with Crippen LogP contribution in [0.3, 0.4) is 0 Å². The van der Waals surface area contributed by atoms with Crippen LogP contribution in [-0.4, -0.2) is 99.6 Å². The lowest BCUT2D eigenvalue weighted by molar-refractivity contribution is -0.162. The average Bonchev–Trinajstić information content (AvgIpc) is 3.76. The first kappa shape index (κ1) is 49.1. The van der Waals surface area contributed by atoms with E-state index >= 15 is 0 Å². The summed E-state index contributed by atoms with van der Waals surface area (Å²) in [4.78, 5) is 40.5. The van der Waals surface area contributed by atoms with Crippen molar-refractivity contribution in [2.24, 2.45) is 39.5 Å². The molecule has 0 amide bonds. The lowest BCUT2D eigenvalue weighted by Gasteiger charge is -2.50. The van der Waals surface area contributed by atoms with Gasteiger partial charge in [-0.2, -0.15) is 9.94 Å². The van der Waals surface area contributed by atoms with Crippen molar-refractivity contribution in [3.05, 3.63) is 53.4 Å². The average molecular weight is 934 g/mol. The number of carbonyl (C=O) groups is 2. The van der Waals surface area contributed by atoms with Gasteiger partial charge in [0.05, 0.1) is 29.2 Å². The van der Waals surface area contributed by atoms with E-state index in [2.05, 4.69) is 64.0 Å². The summed E-state index contributed by atoms with van der Waals surface area (Å²) in [7, 11) is -6.48. The van der Waals surface area contributed by atoms with E-state index in [0.29, 0.717) is 55.3 Å². The molecule has 1 saturated carbocycles. The Kier molecular flexibility index (Phi) is 14.6. The minimum Gasteiger partial charge on any atom is -0.481 e. The van der Waals surface area contributed by atoms with E-state index in [1.54, 1.807) is 24.3 Å². The van der Waals surface area contributed by atoms with Gasteiger partial charge in [-0.15, -0.1) is 5.10 Å². The van der Waals surface area contributed by atoms with Crippen LogP contribution in [0.15, 0.2) is 47.0 Å². The number of piperidine rings is 1. The van der Waals surface area contributed by atoms with Gasteiger partial charge < -0.3 is 19.6 Å². The molecule has 2 aliphatic heterocycles. The number of nitrogens with one attached hydrogen (secondary N) is 2. The quantitative estimate of drug-likeness (QED) is 0.101. The van der Waals surface area contributed by atoms with E-state index in [9.17, 15) is 36.8 Å². The maximum Gasteiger partial charge on any atom is 0.343 e. The summed E-state index contributed by atoms with van der Waals surface area (Å²) >= 11 is 0. The molecule has 3 aliphatic rings. The zero-order valence-electron chi connectivity index (χ0n) is 39.0. The number of fused-ring (bicyclic) bond motifs is 1. The smallest absolute Gasteiger partial charge is 0.343 e. The van der Waals surface area contributed by atoms with Gasteiger partial charge in [0.1, 0.15) is 23.3 Å². The van der Waals surface area contributed by atoms with Crippen LogP contribution in [-0.2, 0) is 35.2 Å². The molecule has 1 aliphatic carbocycles. The van der Waals surface area contributed by atoms with Gasteiger partial charge in [-0.1, -0.05) is 48.5 Å². The van der Waals surface area contributed by atoms with Crippen molar-refractivity contribution in [1.82, 2.24) is 19.5 Å². The Morgan fingerprint density at radius 1 is 1.08 bits per heavy atom. The lowest BCUT2D eigenvalue weighted by atomic mass is 9.59. The topological polar surface area (TPSA) is 229 Å². The number of aryl methyl sites for hydroxylation is 1. The molecular weight excluding hydrogens is 871 g/mol. The molecule has 3 heterocycles. The van der Waals surface area contributed by atoms with E-state index in [1.807, 2.05) is 35.8 Å². The fraction of sp³-hybridized carbons (Fsp3) is 0.565. The Hall–Kier alpha value is -5.32. The SMILES string of the molecule is CCN(CCNS(C)(=O)=O)c1ccc(/N=C2\C(C#N)=C(C(=O)OC3C(C(C)(C)C)CC(C)CC3C(C)(C)C)c3nc(-c4ccc(N5CCCC(C(=O)O)C5)c(N[SH](=O)=O)c4)nn32)c(C)c1. The largest absolute Gasteiger partial charge is 0.481 e. The molecule has 3 atom stereocenters. The number of nitriles is 1. The van der Waals surface area contributed by atoms with Gasteiger partial charge in [0.15, 0.2) is 17.5 Å². The number of hydrogen-bond acceptors (Lipinski definition) is 13. The molecule has 0 bridgehead atoms. The van der Waals surface area contributed by atoms with E-state index in [1.165, 1.54) is 4.68 Å². The normalized spacial score (nSPS) is 22.2. The molecule has 0 spiro atoms. The minimum atomic E-state index is -3.36. The molecule has 3 aromatic rings. The number of aliphatic imine (C=N–C) groups is 1. The minimum absolute atomic E-state index is 0.0159. The lowest BCUT2D eigenvalue weighted by Crippen LogP contribution is -2.49. The number of thiol groups is 1. The first-order valence-corrected chi connectivity index (χ1v) is 25.2. The zero-order valence-corrected chi connectivity index (χ0v) is 40.7. The first-order valence-electron chi connectivity index (χ1n) is 22.2.